The molecule has 1 aromatic carbocycles. The molecule has 6 nitrogen and oxygen atoms in total. The van der Waals surface area contributed by atoms with Crippen molar-refractivity contribution >= 4 is 5.91 Å². The van der Waals surface area contributed by atoms with Crippen molar-refractivity contribution in [3.05, 3.63) is 42.2 Å². The Labute approximate surface area is 129 Å². The lowest BCUT2D eigenvalue weighted by molar-refractivity contribution is 0.0527. The van der Waals surface area contributed by atoms with Gasteiger partial charge in [0.15, 0.2) is 5.69 Å². The summed E-state index contributed by atoms with van der Waals surface area (Å²) in [5.41, 5.74) is 7.30. The number of hydrogen-bond acceptors (Lipinski definition) is 4. The molecule has 3 rings (SSSR count). The summed E-state index contributed by atoms with van der Waals surface area (Å²) >= 11 is 0. The summed E-state index contributed by atoms with van der Waals surface area (Å²) in [4.78, 5) is 14.4. The third-order valence-electron chi connectivity index (χ3n) is 4.33. The van der Waals surface area contributed by atoms with E-state index in [1.807, 2.05) is 35.2 Å². The first-order valence-electron chi connectivity index (χ1n) is 7.50. The van der Waals surface area contributed by atoms with Gasteiger partial charge in [0.25, 0.3) is 5.91 Å². The fourth-order valence-electron chi connectivity index (χ4n) is 2.78. The third-order valence-corrected chi connectivity index (χ3v) is 4.33. The van der Waals surface area contributed by atoms with Crippen molar-refractivity contribution in [3.63, 3.8) is 0 Å². The fraction of sp³-hybridized carbons (Fsp3) is 0.438. The van der Waals surface area contributed by atoms with Crippen LogP contribution in [0.4, 0.5) is 0 Å². The molecule has 0 bridgehead atoms. The normalized spacial score (nSPS) is 20.9. The molecule has 1 unspecified atom stereocenters. The first-order chi connectivity index (χ1) is 10.5. The van der Waals surface area contributed by atoms with Gasteiger partial charge in [-0.3, -0.25) is 4.79 Å². The van der Waals surface area contributed by atoms with Gasteiger partial charge in [0.05, 0.1) is 11.9 Å². The Bertz CT molecular complexity index is 664. The van der Waals surface area contributed by atoms with E-state index in [1.54, 1.807) is 10.9 Å². The van der Waals surface area contributed by atoms with Gasteiger partial charge in [0.1, 0.15) is 0 Å². The summed E-state index contributed by atoms with van der Waals surface area (Å²) in [6.45, 7) is 5.50. The molecule has 1 saturated heterocycles. The third kappa shape index (κ3) is 2.74. The average molecular weight is 299 g/mol. The molecule has 2 N–H and O–H groups in total. The molecular weight excluding hydrogens is 278 g/mol. The lowest BCUT2D eigenvalue weighted by Gasteiger charge is -2.42. The number of carbonyl (C=O) groups is 1. The van der Waals surface area contributed by atoms with E-state index < -0.39 is 0 Å². The van der Waals surface area contributed by atoms with Gasteiger partial charge in [0.2, 0.25) is 0 Å². The number of amides is 1. The van der Waals surface area contributed by atoms with Crippen molar-refractivity contribution in [2.24, 2.45) is 11.1 Å². The maximum Gasteiger partial charge on any atom is 0.276 e. The number of hydrogen-bond donors (Lipinski definition) is 1. The average Bonchev–Trinajstić information content (AvgIpc) is 3.00. The fourth-order valence-corrected chi connectivity index (χ4v) is 2.78. The predicted octanol–water partition coefficient (Wildman–Crippen LogP) is 1.47. The highest BCUT2D eigenvalue weighted by Crippen LogP contribution is 2.28. The first kappa shape index (κ1) is 14.7. The van der Waals surface area contributed by atoms with Crippen LogP contribution in [0.5, 0.6) is 0 Å². The SMILES string of the molecule is CC1(C)CN(C(=O)c2cn(-c3ccccc3)nn2)CCC1N. The molecule has 1 aliphatic rings. The van der Waals surface area contributed by atoms with Gasteiger partial charge < -0.3 is 10.6 Å². The molecule has 0 aliphatic carbocycles. The lowest BCUT2D eigenvalue weighted by atomic mass is 9.79. The van der Waals surface area contributed by atoms with Crippen LogP contribution in [0.3, 0.4) is 0 Å². The largest absolute Gasteiger partial charge is 0.337 e. The molecule has 0 saturated carbocycles. The zero-order valence-corrected chi connectivity index (χ0v) is 12.9. The topological polar surface area (TPSA) is 77.0 Å². The molecule has 2 aromatic rings. The standard InChI is InChI=1S/C16H21N5O/c1-16(2)11-20(9-8-14(16)17)15(22)13-10-21(19-18-13)12-6-4-3-5-7-12/h3-7,10,14H,8-9,11,17H2,1-2H3. The van der Waals surface area contributed by atoms with E-state index in [0.717, 1.165) is 12.1 Å². The molecule has 116 valence electrons. The minimum Gasteiger partial charge on any atom is -0.337 e. The number of aromatic nitrogens is 3. The summed E-state index contributed by atoms with van der Waals surface area (Å²) in [5, 5.41) is 8.07. The maximum atomic E-state index is 12.6. The van der Waals surface area contributed by atoms with Gasteiger partial charge in [-0.05, 0) is 24.0 Å². The number of nitrogens with zero attached hydrogens (tertiary/aromatic N) is 4. The molecule has 22 heavy (non-hydrogen) atoms. The van der Waals surface area contributed by atoms with E-state index in [1.165, 1.54) is 0 Å². The number of piperidine rings is 1. The van der Waals surface area contributed by atoms with Gasteiger partial charge >= 0.3 is 0 Å². The highest BCUT2D eigenvalue weighted by Gasteiger charge is 2.36. The number of carbonyl (C=O) groups excluding carboxylic acids is 1. The van der Waals surface area contributed by atoms with E-state index in [0.29, 0.717) is 18.8 Å². The molecule has 1 aromatic heterocycles. The second kappa shape index (κ2) is 5.53. The van der Waals surface area contributed by atoms with Crippen molar-refractivity contribution in [2.45, 2.75) is 26.3 Å². The number of nitrogens with two attached hydrogens (primary N) is 1. The summed E-state index contributed by atoms with van der Waals surface area (Å²) in [6, 6.07) is 9.75. The van der Waals surface area contributed by atoms with Gasteiger partial charge in [-0.25, -0.2) is 4.68 Å². The van der Waals surface area contributed by atoms with Crippen molar-refractivity contribution < 1.29 is 4.79 Å². The van der Waals surface area contributed by atoms with Crippen LogP contribution < -0.4 is 5.73 Å². The minimum absolute atomic E-state index is 0.0800. The van der Waals surface area contributed by atoms with Crippen LogP contribution in [0.1, 0.15) is 30.8 Å². The zero-order chi connectivity index (χ0) is 15.7. The second-order valence-electron chi connectivity index (χ2n) is 6.49. The van der Waals surface area contributed by atoms with E-state index in [-0.39, 0.29) is 17.4 Å². The number of para-hydroxylation sites is 1. The molecule has 1 atom stereocenters. The second-order valence-corrected chi connectivity index (χ2v) is 6.49. The van der Waals surface area contributed by atoms with Crippen LogP contribution in [0, 0.1) is 5.41 Å². The monoisotopic (exact) mass is 299 g/mol. The van der Waals surface area contributed by atoms with Crippen LogP contribution in [-0.2, 0) is 0 Å². The highest BCUT2D eigenvalue weighted by atomic mass is 16.2. The first-order valence-corrected chi connectivity index (χ1v) is 7.50. The van der Waals surface area contributed by atoms with E-state index in [9.17, 15) is 4.79 Å². The Morgan fingerprint density at radius 1 is 1.32 bits per heavy atom. The van der Waals surface area contributed by atoms with Crippen LogP contribution in [0.15, 0.2) is 36.5 Å². The molecule has 0 spiro atoms. The van der Waals surface area contributed by atoms with Gasteiger partial charge in [-0.1, -0.05) is 37.3 Å². The molecular formula is C16H21N5O. The van der Waals surface area contributed by atoms with Crippen LogP contribution in [0.25, 0.3) is 5.69 Å². The predicted molar refractivity (Wildman–Crippen MR) is 83.6 cm³/mol. The van der Waals surface area contributed by atoms with Crippen LogP contribution in [-0.4, -0.2) is 44.9 Å². The van der Waals surface area contributed by atoms with Gasteiger partial charge in [-0.2, -0.15) is 0 Å². The molecule has 1 amide bonds. The Balaban J connectivity index is 1.78. The maximum absolute atomic E-state index is 12.6. The lowest BCUT2D eigenvalue weighted by Crippen LogP contribution is -2.54. The highest BCUT2D eigenvalue weighted by molar-refractivity contribution is 5.92. The van der Waals surface area contributed by atoms with Crippen molar-refractivity contribution in [1.82, 2.24) is 19.9 Å². The molecule has 1 aliphatic heterocycles. The zero-order valence-electron chi connectivity index (χ0n) is 12.9. The molecule has 6 heteroatoms. The number of likely N-dealkylation sites (tertiary alicyclic amines) is 1. The van der Waals surface area contributed by atoms with Crippen LogP contribution in [0.2, 0.25) is 0 Å². The summed E-state index contributed by atoms with van der Waals surface area (Å²) in [7, 11) is 0. The van der Waals surface area contributed by atoms with E-state index in [4.69, 9.17) is 5.73 Å². The number of rotatable bonds is 2. The minimum atomic E-state index is -0.0813. The quantitative estimate of drug-likeness (QED) is 0.911. The molecule has 0 radical (unpaired) electrons. The Morgan fingerprint density at radius 2 is 2.05 bits per heavy atom. The summed E-state index contributed by atoms with van der Waals surface area (Å²) < 4.78 is 1.62. The Morgan fingerprint density at radius 3 is 2.73 bits per heavy atom. The van der Waals surface area contributed by atoms with Crippen molar-refractivity contribution in [3.8, 4) is 5.69 Å². The smallest absolute Gasteiger partial charge is 0.276 e. The van der Waals surface area contributed by atoms with Crippen molar-refractivity contribution in [2.75, 3.05) is 13.1 Å². The molecule has 2 heterocycles. The summed E-state index contributed by atoms with van der Waals surface area (Å²) in [6.07, 6.45) is 2.49. The number of benzene rings is 1. The van der Waals surface area contributed by atoms with Gasteiger partial charge in [0, 0.05) is 19.1 Å². The van der Waals surface area contributed by atoms with E-state index in [2.05, 4.69) is 24.2 Å². The Kier molecular flexibility index (Phi) is 3.70. The Hall–Kier alpha value is -2.21. The van der Waals surface area contributed by atoms with Gasteiger partial charge in [-0.15, -0.1) is 5.10 Å². The molecule has 1 fully saturated rings. The van der Waals surface area contributed by atoms with Crippen molar-refractivity contribution in [1.29, 1.82) is 0 Å². The van der Waals surface area contributed by atoms with E-state index >= 15 is 0 Å². The van der Waals surface area contributed by atoms with Crippen LogP contribution >= 0.6 is 0 Å². The summed E-state index contributed by atoms with van der Waals surface area (Å²) in [5.74, 6) is -0.0813.